The molecule has 0 aliphatic rings. The summed E-state index contributed by atoms with van der Waals surface area (Å²) in [6.07, 6.45) is 0. The zero-order valence-electron chi connectivity index (χ0n) is 5.56. The van der Waals surface area contributed by atoms with Crippen LogP contribution in [0.4, 0.5) is 4.79 Å². The smallest absolute Gasteiger partial charge is 0.282 e. The molecule has 0 saturated heterocycles. The van der Waals surface area contributed by atoms with Crippen molar-refractivity contribution in [3.63, 3.8) is 0 Å². The Hall–Kier alpha value is 0.110. The highest BCUT2D eigenvalue weighted by molar-refractivity contribution is 8.13. The van der Waals surface area contributed by atoms with Crippen LogP contribution >= 0.6 is 23.4 Å². The highest BCUT2D eigenvalue weighted by Crippen LogP contribution is 2.05. The Balaban J connectivity index is 3.46. The van der Waals surface area contributed by atoms with E-state index in [1.807, 2.05) is 6.92 Å². The second-order valence-electron chi connectivity index (χ2n) is 1.52. The molecule has 0 aromatic rings. The predicted octanol–water partition coefficient (Wildman–Crippen LogP) is 1.99. The molecule has 0 aliphatic carbocycles. The van der Waals surface area contributed by atoms with Crippen LogP contribution in [-0.4, -0.2) is 28.9 Å². The first kappa shape index (κ1) is 9.11. The van der Waals surface area contributed by atoms with E-state index in [-0.39, 0.29) is 11.2 Å². The van der Waals surface area contributed by atoms with Crippen LogP contribution < -0.4 is 0 Å². The van der Waals surface area contributed by atoms with Crippen molar-refractivity contribution in [2.75, 3.05) is 18.8 Å². The van der Waals surface area contributed by atoms with Crippen molar-refractivity contribution in [3.05, 3.63) is 0 Å². The Kier molecular flexibility index (Phi) is 5.00. The summed E-state index contributed by atoms with van der Waals surface area (Å²) < 4.78 is 0. The largest absolute Gasteiger partial charge is 0.323 e. The first-order valence-corrected chi connectivity index (χ1v) is 4.18. The minimum atomic E-state index is 0.0347. The molecule has 9 heavy (non-hydrogen) atoms. The normalized spacial score (nSPS) is 9.22. The van der Waals surface area contributed by atoms with Gasteiger partial charge in [-0.1, -0.05) is 18.7 Å². The van der Waals surface area contributed by atoms with Crippen molar-refractivity contribution in [2.24, 2.45) is 0 Å². The minimum Gasteiger partial charge on any atom is -0.323 e. The molecule has 0 radical (unpaired) electrons. The number of thioether (sulfide) groups is 1. The standard InChI is InChI=1S/C5H10ClNOS/c1-3-9-5(8)7(2)4-6/h3-4H2,1-2H3. The summed E-state index contributed by atoms with van der Waals surface area (Å²) in [5, 5.41) is 0.0347. The van der Waals surface area contributed by atoms with Crippen LogP contribution in [0.2, 0.25) is 0 Å². The molecular formula is C5H10ClNOS. The van der Waals surface area contributed by atoms with E-state index in [9.17, 15) is 4.79 Å². The van der Waals surface area contributed by atoms with Crippen LogP contribution in [0.25, 0.3) is 0 Å². The van der Waals surface area contributed by atoms with Gasteiger partial charge in [0.15, 0.2) is 0 Å². The fourth-order valence-electron chi connectivity index (χ4n) is 0.282. The molecule has 0 N–H and O–H groups in total. The first-order chi connectivity index (χ1) is 4.22. The highest BCUT2D eigenvalue weighted by Gasteiger charge is 2.04. The minimum absolute atomic E-state index is 0.0347. The maximum Gasteiger partial charge on any atom is 0.282 e. The number of carbonyl (C=O) groups is 1. The second kappa shape index (κ2) is 4.94. The van der Waals surface area contributed by atoms with Gasteiger partial charge in [-0.2, -0.15) is 0 Å². The average Bonchev–Trinajstić information content (AvgIpc) is 1.87. The molecule has 0 rings (SSSR count). The van der Waals surface area contributed by atoms with Crippen LogP contribution in [0.1, 0.15) is 6.92 Å². The molecule has 0 aliphatic heterocycles. The monoisotopic (exact) mass is 167 g/mol. The van der Waals surface area contributed by atoms with Gasteiger partial charge in [-0.3, -0.25) is 4.79 Å². The number of nitrogens with zero attached hydrogens (tertiary/aromatic N) is 1. The summed E-state index contributed by atoms with van der Waals surface area (Å²) in [5.41, 5.74) is 0. The van der Waals surface area contributed by atoms with Gasteiger partial charge in [-0.05, 0) is 5.75 Å². The fraction of sp³-hybridized carbons (Fsp3) is 0.800. The van der Waals surface area contributed by atoms with E-state index in [1.165, 1.54) is 16.7 Å². The lowest BCUT2D eigenvalue weighted by atomic mass is 11.0. The third-order valence-electron chi connectivity index (χ3n) is 0.759. The van der Waals surface area contributed by atoms with E-state index in [4.69, 9.17) is 11.6 Å². The van der Waals surface area contributed by atoms with E-state index >= 15 is 0 Å². The van der Waals surface area contributed by atoms with Crippen molar-refractivity contribution in [1.29, 1.82) is 0 Å². The lowest BCUT2D eigenvalue weighted by Gasteiger charge is -2.10. The third kappa shape index (κ3) is 3.65. The van der Waals surface area contributed by atoms with Gasteiger partial charge in [0.2, 0.25) is 0 Å². The molecule has 0 bridgehead atoms. The molecule has 1 amide bonds. The SMILES string of the molecule is CCSC(=O)N(C)CCl. The van der Waals surface area contributed by atoms with E-state index in [1.54, 1.807) is 7.05 Å². The number of hydrogen-bond acceptors (Lipinski definition) is 2. The fourth-order valence-corrected chi connectivity index (χ4v) is 0.994. The molecule has 0 spiro atoms. The van der Waals surface area contributed by atoms with Gasteiger partial charge in [-0.15, -0.1) is 11.6 Å². The molecule has 0 saturated carbocycles. The van der Waals surface area contributed by atoms with Crippen molar-refractivity contribution in [1.82, 2.24) is 4.90 Å². The van der Waals surface area contributed by atoms with Gasteiger partial charge in [0, 0.05) is 7.05 Å². The first-order valence-electron chi connectivity index (χ1n) is 2.66. The predicted molar refractivity (Wildman–Crippen MR) is 42.0 cm³/mol. The van der Waals surface area contributed by atoms with E-state index in [0.29, 0.717) is 0 Å². The van der Waals surface area contributed by atoms with E-state index < -0.39 is 0 Å². The second-order valence-corrected chi connectivity index (χ2v) is 2.97. The van der Waals surface area contributed by atoms with Gasteiger partial charge in [0.05, 0.1) is 6.00 Å². The number of rotatable bonds is 2. The Morgan fingerprint density at radius 1 is 1.78 bits per heavy atom. The summed E-state index contributed by atoms with van der Waals surface area (Å²) >= 11 is 6.64. The van der Waals surface area contributed by atoms with Gasteiger partial charge < -0.3 is 4.90 Å². The molecule has 2 nitrogen and oxygen atoms in total. The Morgan fingerprint density at radius 2 is 2.33 bits per heavy atom. The third-order valence-corrected chi connectivity index (χ3v) is 1.96. The van der Waals surface area contributed by atoms with Crippen molar-refractivity contribution in [2.45, 2.75) is 6.92 Å². The number of halogens is 1. The van der Waals surface area contributed by atoms with Gasteiger partial charge in [0.1, 0.15) is 0 Å². The summed E-state index contributed by atoms with van der Waals surface area (Å²) in [7, 11) is 1.68. The molecule has 0 unspecified atom stereocenters. The van der Waals surface area contributed by atoms with E-state index in [2.05, 4.69) is 0 Å². The molecular weight excluding hydrogens is 158 g/mol. The number of alkyl halides is 1. The summed E-state index contributed by atoms with van der Waals surface area (Å²) in [6.45, 7) is 1.94. The lowest BCUT2D eigenvalue weighted by Crippen LogP contribution is -2.20. The average molecular weight is 168 g/mol. The van der Waals surface area contributed by atoms with Crippen molar-refractivity contribution in [3.8, 4) is 0 Å². The van der Waals surface area contributed by atoms with Crippen LogP contribution in [0.5, 0.6) is 0 Å². The summed E-state index contributed by atoms with van der Waals surface area (Å²) in [6, 6.07) is 0.270. The summed E-state index contributed by atoms with van der Waals surface area (Å²) in [5.74, 6) is 0.806. The quantitative estimate of drug-likeness (QED) is 0.463. The van der Waals surface area contributed by atoms with Crippen LogP contribution in [-0.2, 0) is 0 Å². The van der Waals surface area contributed by atoms with Crippen molar-refractivity contribution >= 4 is 28.6 Å². The summed E-state index contributed by atoms with van der Waals surface area (Å²) in [4.78, 5) is 12.2. The van der Waals surface area contributed by atoms with E-state index in [0.717, 1.165) is 5.75 Å². The molecule has 0 fully saturated rings. The Morgan fingerprint density at radius 3 is 2.67 bits per heavy atom. The zero-order valence-corrected chi connectivity index (χ0v) is 7.13. The topological polar surface area (TPSA) is 20.3 Å². The highest BCUT2D eigenvalue weighted by atomic mass is 35.5. The number of carbonyl (C=O) groups excluding carboxylic acids is 1. The zero-order chi connectivity index (χ0) is 7.28. The molecule has 0 aromatic heterocycles. The lowest BCUT2D eigenvalue weighted by molar-refractivity contribution is 0.239. The number of amides is 1. The molecule has 0 atom stereocenters. The van der Waals surface area contributed by atoms with Gasteiger partial charge in [-0.25, -0.2) is 0 Å². The van der Waals surface area contributed by atoms with Gasteiger partial charge >= 0.3 is 0 Å². The van der Waals surface area contributed by atoms with Crippen LogP contribution in [0.3, 0.4) is 0 Å². The van der Waals surface area contributed by atoms with Crippen molar-refractivity contribution < 1.29 is 4.79 Å². The van der Waals surface area contributed by atoms with Crippen LogP contribution in [0.15, 0.2) is 0 Å². The van der Waals surface area contributed by atoms with Gasteiger partial charge in [0.25, 0.3) is 5.24 Å². The maximum atomic E-state index is 10.8. The molecule has 0 aromatic carbocycles. The Bertz CT molecular complexity index is 99.0. The molecule has 4 heteroatoms. The molecule has 54 valence electrons. The number of hydrogen-bond donors (Lipinski definition) is 0. The molecule has 0 heterocycles. The maximum absolute atomic E-state index is 10.8. The van der Waals surface area contributed by atoms with Crippen LogP contribution in [0, 0.1) is 0 Å². The Labute approximate surface area is 64.5 Å².